The van der Waals surface area contributed by atoms with Gasteiger partial charge in [-0.15, -0.1) is 0 Å². The molecule has 116 valence electrons. The summed E-state index contributed by atoms with van der Waals surface area (Å²) in [7, 11) is 0. The Hall–Kier alpha value is -2.18. The first-order valence-corrected chi connectivity index (χ1v) is 6.74. The summed E-state index contributed by atoms with van der Waals surface area (Å²) in [4.78, 5) is 41.3. The highest BCUT2D eigenvalue weighted by Crippen LogP contribution is 2.17. The minimum absolute atomic E-state index is 0.0293. The van der Waals surface area contributed by atoms with Gasteiger partial charge in [0.1, 0.15) is 11.4 Å². The Morgan fingerprint density at radius 2 is 1.95 bits per heavy atom. The van der Waals surface area contributed by atoms with Crippen molar-refractivity contribution in [3.8, 4) is 0 Å². The number of H-pyrrole nitrogens is 1. The molecule has 3 N–H and O–H groups in total. The normalized spacial score (nSPS) is 11.2. The molecule has 0 radical (unpaired) electrons. The fourth-order valence-corrected chi connectivity index (χ4v) is 1.74. The maximum absolute atomic E-state index is 12.0. The average Bonchev–Trinajstić information content (AvgIpc) is 2.32. The number of hydrogen-bond donors (Lipinski definition) is 3. The van der Waals surface area contributed by atoms with Crippen molar-refractivity contribution in [3.05, 3.63) is 27.4 Å². The van der Waals surface area contributed by atoms with Crippen molar-refractivity contribution in [2.45, 2.75) is 46.0 Å². The minimum atomic E-state index is -0.922. The Balaban J connectivity index is 2.86. The fourth-order valence-electron chi connectivity index (χ4n) is 1.74. The van der Waals surface area contributed by atoms with Gasteiger partial charge in [-0.1, -0.05) is 20.8 Å². The van der Waals surface area contributed by atoms with Crippen LogP contribution in [0.5, 0.6) is 0 Å². The molecule has 21 heavy (non-hydrogen) atoms. The van der Waals surface area contributed by atoms with Crippen molar-refractivity contribution in [1.82, 2.24) is 15.3 Å². The summed E-state index contributed by atoms with van der Waals surface area (Å²) in [6, 6.07) is 0. The highest BCUT2D eigenvalue weighted by Gasteiger charge is 2.21. The zero-order valence-corrected chi connectivity index (χ0v) is 12.7. The van der Waals surface area contributed by atoms with E-state index in [4.69, 9.17) is 5.11 Å². The summed E-state index contributed by atoms with van der Waals surface area (Å²) >= 11 is 0. The molecule has 0 unspecified atom stereocenters. The molecule has 0 aliphatic carbocycles. The summed E-state index contributed by atoms with van der Waals surface area (Å²) in [6.45, 7) is 7.55. The van der Waals surface area contributed by atoms with E-state index in [0.717, 1.165) is 0 Å². The van der Waals surface area contributed by atoms with Crippen LogP contribution in [0.2, 0.25) is 0 Å². The first-order valence-electron chi connectivity index (χ1n) is 6.74. The molecule has 1 aromatic heterocycles. The van der Waals surface area contributed by atoms with E-state index >= 15 is 0 Å². The van der Waals surface area contributed by atoms with Crippen LogP contribution in [-0.2, 0) is 10.2 Å². The smallest absolute Gasteiger partial charge is 0.303 e. The van der Waals surface area contributed by atoms with Gasteiger partial charge in [0.15, 0.2) is 0 Å². The van der Waals surface area contributed by atoms with Gasteiger partial charge in [-0.3, -0.25) is 14.4 Å². The van der Waals surface area contributed by atoms with Crippen LogP contribution in [0.1, 0.15) is 55.5 Å². The Kier molecular flexibility index (Phi) is 5.23. The number of carbonyl (C=O) groups excluding carboxylic acids is 1. The molecule has 0 atom stereocenters. The molecule has 0 aliphatic heterocycles. The van der Waals surface area contributed by atoms with Crippen molar-refractivity contribution in [3.63, 3.8) is 0 Å². The van der Waals surface area contributed by atoms with E-state index in [2.05, 4.69) is 15.3 Å². The van der Waals surface area contributed by atoms with Crippen molar-refractivity contribution in [2.24, 2.45) is 0 Å². The van der Waals surface area contributed by atoms with Gasteiger partial charge in [0.2, 0.25) is 0 Å². The summed E-state index contributed by atoms with van der Waals surface area (Å²) in [6.07, 6.45) is 0.280. The largest absolute Gasteiger partial charge is 0.481 e. The second-order valence-corrected chi connectivity index (χ2v) is 5.88. The van der Waals surface area contributed by atoms with Crippen LogP contribution in [0.4, 0.5) is 0 Å². The second kappa shape index (κ2) is 6.51. The highest BCUT2D eigenvalue weighted by molar-refractivity contribution is 5.94. The first-order chi connectivity index (χ1) is 9.62. The lowest BCUT2D eigenvalue weighted by molar-refractivity contribution is -0.137. The molecule has 0 fully saturated rings. The van der Waals surface area contributed by atoms with E-state index < -0.39 is 17.4 Å². The Bertz CT molecular complexity index is 599. The van der Waals surface area contributed by atoms with E-state index in [1.807, 2.05) is 20.8 Å². The molecule has 1 aromatic rings. The number of nitrogens with zero attached hydrogens (tertiary/aromatic N) is 1. The number of hydrogen-bond acceptors (Lipinski definition) is 4. The van der Waals surface area contributed by atoms with E-state index in [0.29, 0.717) is 17.9 Å². The van der Waals surface area contributed by atoms with Gasteiger partial charge in [-0.2, -0.15) is 0 Å². The third-order valence-electron chi connectivity index (χ3n) is 2.89. The number of nitrogens with one attached hydrogen (secondary N) is 2. The van der Waals surface area contributed by atoms with Crippen molar-refractivity contribution in [2.75, 3.05) is 6.54 Å². The maximum Gasteiger partial charge on any atom is 0.303 e. The standard InChI is InChI=1S/C14H21N3O4/c1-8-10(11(20)15-7-5-6-9(18)19)12(21)17-13(16-8)14(2,3)4/h5-7H2,1-4H3,(H,15,20)(H,18,19)(H,16,17,21). The van der Waals surface area contributed by atoms with Gasteiger partial charge in [0, 0.05) is 18.4 Å². The Labute approximate surface area is 122 Å². The van der Waals surface area contributed by atoms with Crippen molar-refractivity contribution < 1.29 is 14.7 Å². The molecule has 7 heteroatoms. The Morgan fingerprint density at radius 1 is 1.33 bits per heavy atom. The van der Waals surface area contributed by atoms with Gasteiger partial charge in [-0.25, -0.2) is 4.98 Å². The predicted molar refractivity (Wildman–Crippen MR) is 77.5 cm³/mol. The van der Waals surface area contributed by atoms with Crippen LogP contribution in [0.3, 0.4) is 0 Å². The third kappa shape index (κ3) is 4.70. The molecular formula is C14H21N3O4. The summed E-state index contributed by atoms with van der Waals surface area (Å²) in [5, 5.41) is 11.0. The lowest BCUT2D eigenvalue weighted by Crippen LogP contribution is -2.34. The zero-order chi connectivity index (χ0) is 16.2. The van der Waals surface area contributed by atoms with Crippen molar-refractivity contribution >= 4 is 11.9 Å². The SMILES string of the molecule is Cc1nc(C(C)(C)C)[nH]c(=O)c1C(=O)NCCCC(=O)O. The van der Waals surface area contributed by atoms with Gasteiger partial charge < -0.3 is 15.4 Å². The molecule has 1 amide bonds. The summed E-state index contributed by atoms with van der Waals surface area (Å²) < 4.78 is 0. The molecule has 0 bridgehead atoms. The van der Waals surface area contributed by atoms with Crippen LogP contribution >= 0.6 is 0 Å². The molecule has 0 aliphatic rings. The number of aliphatic carboxylic acids is 1. The van der Waals surface area contributed by atoms with Crippen LogP contribution < -0.4 is 10.9 Å². The summed E-state index contributed by atoms with van der Waals surface area (Å²) in [5.41, 5.74) is -0.471. The number of aromatic amines is 1. The van der Waals surface area contributed by atoms with Crippen LogP contribution in [0, 0.1) is 6.92 Å². The number of aromatic nitrogens is 2. The predicted octanol–water partition coefficient (Wildman–Crippen LogP) is 0.970. The summed E-state index contributed by atoms with van der Waals surface area (Å²) in [5.74, 6) is -0.936. The molecule has 7 nitrogen and oxygen atoms in total. The van der Waals surface area contributed by atoms with Crippen LogP contribution in [-0.4, -0.2) is 33.5 Å². The third-order valence-corrected chi connectivity index (χ3v) is 2.89. The number of carboxylic acids is 1. The van der Waals surface area contributed by atoms with Crippen molar-refractivity contribution in [1.29, 1.82) is 0 Å². The van der Waals surface area contributed by atoms with Gasteiger partial charge >= 0.3 is 5.97 Å². The van der Waals surface area contributed by atoms with Gasteiger partial charge in [-0.05, 0) is 13.3 Å². The fraction of sp³-hybridized carbons (Fsp3) is 0.571. The first kappa shape index (κ1) is 16.9. The number of rotatable bonds is 5. The van der Waals surface area contributed by atoms with E-state index in [-0.39, 0.29) is 23.9 Å². The zero-order valence-electron chi connectivity index (χ0n) is 12.7. The van der Waals surface area contributed by atoms with Crippen LogP contribution in [0.15, 0.2) is 4.79 Å². The molecule has 0 saturated heterocycles. The van der Waals surface area contributed by atoms with Gasteiger partial charge in [0.25, 0.3) is 11.5 Å². The lowest BCUT2D eigenvalue weighted by atomic mass is 9.95. The monoisotopic (exact) mass is 295 g/mol. The van der Waals surface area contributed by atoms with Gasteiger partial charge in [0.05, 0.1) is 5.69 Å². The lowest BCUT2D eigenvalue weighted by Gasteiger charge is -2.18. The van der Waals surface area contributed by atoms with Crippen LogP contribution in [0.25, 0.3) is 0 Å². The number of amides is 1. The highest BCUT2D eigenvalue weighted by atomic mass is 16.4. The molecule has 1 rings (SSSR count). The Morgan fingerprint density at radius 3 is 2.43 bits per heavy atom. The van der Waals surface area contributed by atoms with E-state index in [1.165, 1.54) is 0 Å². The molecule has 0 spiro atoms. The molecule has 0 saturated carbocycles. The maximum atomic E-state index is 12.0. The molecular weight excluding hydrogens is 274 g/mol. The average molecular weight is 295 g/mol. The minimum Gasteiger partial charge on any atom is -0.481 e. The second-order valence-electron chi connectivity index (χ2n) is 5.88. The van der Waals surface area contributed by atoms with E-state index in [1.54, 1.807) is 6.92 Å². The number of carbonyl (C=O) groups is 2. The number of aryl methyl sites for hydroxylation is 1. The number of carboxylic acid groups (broad SMARTS) is 1. The quantitative estimate of drug-likeness (QED) is 0.701. The molecule has 1 heterocycles. The van der Waals surface area contributed by atoms with E-state index in [9.17, 15) is 14.4 Å². The molecule has 0 aromatic carbocycles. The topological polar surface area (TPSA) is 112 Å².